The summed E-state index contributed by atoms with van der Waals surface area (Å²) in [5.74, 6) is 1.01. The summed E-state index contributed by atoms with van der Waals surface area (Å²) in [6.07, 6.45) is 1.07. The summed E-state index contributed by atoms with van der Waals surface area (Å²) in [6, 6.07) is 18.4. The van der Waals surface area contributed by atoms with E-state index in [1.807, 2.05) is 30.3 Å². The van der Waals surface area contributed by atoms with Crippen molar-refractivity contribution >= 4 is 51.6 Å². The number of ether oxygens (including phenoxy) is 1. The molecule has 0 aliphatic rings. The molecule has 0 radical (unpaired) electrons. The van der Waals surface area contributed by atoms with Crippen molar-refractivity contribution < 1.29 is 13.9 Å². The lowest BCUT2D eigenvalue weighted by Gasteiger charge is -2.12. The van der Waals surface area contributed by atoms with Gasteiger partial charge in [-0.3, -0.25) is 10.1 Å². The van der Waals surface area contributed by atoms with Gasteiger partial charge in [-0.2, -0.15) is 0 Å². The van der Waals surface area contributed by atoms with E-state index < -0.39 is 5.91 Å². The van der Waals surface area contributed by atoms with Crippen molar-refractivity contribution in [2.24, 2.45) is 0 Å². The molecular weight excluding hydrogens is 470 g/mol. The number of oxazole rings is 1. The maximum absolute atomic E-state index is 12.6. The quantitative estimate of drug-likeness (QED) is 0.288. The minimum Gasteiger partial charge on any atom is -0.496 e. The van der Waals surface area contributed by atoms with Crippen LogP contribution in [0.4, 0.5) is 5.69 Å². The Morgan fingerprint density at radius 3 is 2.62 bits per heavy atom. The minimum atomic E-state index is -0.420. The van der Waals surface area contributed by atoms with Crippen LogP contribution in [-0.2, 0) is 0 Å². The fourth-order valence-electron chi connectivity index (χ4n) is 3.50. The number of anilines is 1. The van der Waals surface area contributed by atoms with E-state index in [1.54, 1.807) is 12.1 Å². The second-order valence-corrected chi connectivity index (χ2v) is 8.73. The topological polar surface area (TPSA) is 76.4 Å². The molecule has 2 N–H and O–H groups in total. The number of thiocarbonyl (C=S) groups is 1. The van der Waals surface area contributed by atoms with Gasteiger partial charge in [0.05, 0.1) is 12.7 Å². The van der Waals surface area contributed by atoms with E-state index in [2.05, 4.69) is 41.6 Å². The Labute approximate surface area is 208 Å². The molecule has 0 saturated heterocycles. The predicted molar refractivity (Wildman–Crippen MR) is 140 cm³/mol. The maximum Gasteiger partial charge on any atom is 0.261 e. The number of methoxy groups -OCH3 is 1. The molecule has 0 aliphatic heterocycles. The number of hydrogen-bond donors (Lipinski definition) is 2. The molecular formula is C26H24ClN3O3S. The lowest BCUT2D eigenvalue weighted by atomic mass is 9.98. The Hall–Kier alpha value is -3.42. The molecule has 1 aromatic heterocycles. The van der Waals surface area contributed by atoms with Gasteiger partial charge in [0.2, 0.25) is 5.89 Å². The lowest BCUT2D eigenvalue weighted by Crippen LogP contribution is -2.34. The third kappa shape index (κ3) is 5.21. The number of hydrogen-bond acceptors (Lipinski definition) is 5. The highest BCUT2D eigenvalue weighted by atomic mass is 35.5. The first-order valence-corrected chi connectivity index (χ1v) is 11.6. The predicted octanol–water partition coefficient (Wildman–Crippen LogP) is 6.80. The third-order valence-electron chi connectivity index (χ3n) is 5.62. The monoisotopic (exact) mass is 493 g/mol. The fraction of sp³-hybridized carbons (Fsp3) is 0.192. The number of rotatable bonds is 6. The zero-order valence-electron chi connectivity index (χ0n) is 19.0. The molecule has 174 valence electrons. The fourth-order valence-corrected chi connectivity index (χ4v) is 3.88. The Kier molecular flexibility index (Phi) is 7.14. The molecule has 1 amide bonds. The molecule has 4 rings (SSSR count). The molecule has 34 heavy (non-hydrogen) atoms. The summed E-state index contributed by atoms with van der Waals surface area (Å²) in [5.41, 5.74) is 4.69. The van der Waals surface area contributed by atoms with Crippen molar-refractivity contribution in [2.45, 2.75) is 26.2 Å². The maximum atomic E-state index is 12.6. The second-order valence-electron chi connectivity index (χ2n) is 7.89. The number of carbonyl (C=O) groups is 1. The van der Waals surface area contributed by atoms with Crippen molar-refractivity contribution in [3.05, 3.63) is 76.8 Å². The van der Waals surface area contributed by atoms with Crippen molar-refractivity contribution in [2.75, 3.05) is 12.4 Å². The van der Waals surface area contributed by atoms with Gasteiger partial charge in [0, 0.05) is 16.3 Å². The summed E-state index contributed by atoms with van der Waals surface area (Å²) >= 11 is 11.3. The SMILES string of the molecule is CCC(C)c1ccc2oc(-c3ccc(NC(=S)NC(=O)c4cc(Cl)ccc4OC)cc3)nc2c1. The number of carbonyl (C=O) groups excluding carboxylic acids is 1. The van der Waals surface area contributed by atoms with Crippen LogP contribution in [0.2, 0.25) is 5.02 Å². The van der Waals surface area contributed by atoms with E-state index in [0.29, 0.717) is 33.8 Å². The molecule has 0 fully saturated rings. The second kappa shape index (κ2) is 10.2. The van der Waals surface area contributed by atoms with Crippen LogP contribution in [-0.4, -0.2) is 23.1 Å². The van der Waals surface area contributed by atoms with Gasteiger partial charge in [0.25, 0.3) is 5.91 Å². The minimum absolute atomic E-state index is 0.152. The number of benzene rings is 3. The number of nitrogens with zero attached hydrogens (tertiary/aromatic N) is 1. The molecule has 8 heteroatoms. The molecule has 3 aromatic carbocycles. The smallest absolute Gasteiger partial charge is 0.261 e. The van der Waals surface area contributed by atoms with Crippen molar-refractivity contribution in [1.29, 1.82) is 0 Å². The average molecular weight is 494 g/mol. The van der Waals surface area contributed by atoms with Gasteiger partial charge < -0.3 is 14.5 Å². The summed E-state index contributed by atoms with van der Waals surface area (Å²) in [6.45, 7) is 4.37. The largest absolute Gasteiger partial charge is 0.496 e. The number of nitrogens with one attached hydrogen (secondary N) is 2. The summed E-state index contributed by atoms with van der Waals surface area (Å²) < 4.78 is 11.2. The zero-order chi connectivity index (χ0) is 24.2. The van der Waals surface area contributed by atoms with Gasteiger partial charge in [-0.1, -0.05) is 31.5 Å². The van der Waals surface area contributed by atoms with Gasteiger partial charge in [-0.25, -0.2) is 4.98 Å². The molecule has 1 heterocycles. The first-order chi connectivity index (χ1) is 16.4. The van der Waals surface area contributed by atoms with Crippen LogP contribution in [0.5, 0.6) is 5.75 Å². The Bertz CT molecular complexity index is 1350. The van der Waals surface area contributed by atoms with Gasteiger partial charge in [0.1, 0.15) is 11.3 Å². The van der Waals surface area contributed by atoms with Gasteiger partial charge in [-0.05, 0) is 84.7 Å². The van der Waals surface area contributed by atoms with E-state index in [-0.39, 0.29) is 5.11 Å². The Balaban J connectivity index is 1.44. The summed E-state index contributed by atoms with van der Waals surface area (Å²) in [7, 11) is 1.49. The Morgan fingerprint density at radius 2 is 1.91 bits per heavy atom. The molecule has 1 unspecified atom stereocenters. The number of halogens is 1. The van der Waals surface area contributed by atoms with Crippen LogP contribution in [0.1, 0.15) is 42.1 Å². The van der Waals surface area contributed by atoms with E-state index >= 15 is 0 Å². The van der Waals surface area contributed by atoms with Gasteiger partial charge in [0.15, 0.2) is 10.7 Å². The van der Waals surface area contributed by atoms with Crippen LogP contribution in [0.15, 0.2) is 65.1 Å². The van der Waals surface area contributed by atoms with Gasteiger partial charge in [-0.15, -0.1) is 0 Å². The molecule has 0 saturated carbocycles. The molecule has 6 nitrogen and oxygen atoms in total. The molecule has 4 aromatic rings. The number of amides is 1. The normalized spacial score (nSPS) is 11.8. The average Bonchev–Trinajstić information content (AvgIpc) is 3.27. The van der Waals surface area contributed by atoms with Gasteiger partial charge >= 0.3 is 0 Å². The molecule has 1 atom stereocenters. The summed E-state index contributed by atoms with van der Waals surface area (Å²) in [5, 5.41) is 6.22. The molecule has 0 aliphatic carbocycles. The van der Waals surface area contributed by atoms with Crippen LogP contribution < -0.4 is 15.4 Å². The summed E-state index contributed by atoms with van der Waals surface area (Å²) in [4.78, 5) is 17.2. The zero-order valence-corrected chi connectivity index (χ0v) is 20.6. The van der Waals surface area contributed by atoms with Crippen LogP contribution >= 0.6 is 23.8 Å². The lowest BCUT2D eigenvalue weighted by molar-refractivity contribution is 0.0975. The third-order valence-corrected chi connectivity index (χ3v) is 6.06. The highest BCUT2D eigenvalue weighted by molar-refractivity contribution is 7.80. The highest BCUT2D eigenvalue weighted by Crippen LogP contribution is 2.28. The van der Waals surface area contributed by atoms with E-state index in [1.165, 1.54) is 18.7 Å². The first kappa shape index (κ1) is 23.7. The van der Waals surface area contributed by atoms with Crippen molar-refractivity contribution in [3.63, 3.8) is 0 Å². The van der Waals surface area contributed by atoms with Crippen LogP contribution in [0.25, 0.3) is 22.6 Å². The van der Waals surface area contributed by atoms with Crippen LogP contribution in [0, 0.1) is 0 Å². The Morgan fingerprint density at radius 1 is 1.15 bits per heavy atom. The van der Waals surface area contributed by atoms with Crippen LogP contribution in [0.3, 0.4) is 0 Å². The number of aromatic nitrogens is 1. The van der Waals surface area contributed by atoms with E-state index in [9.17, 15) is 4.79 Å². The van der Waals surface area contributed by atoms with Crippen molar-refractivity contribution in [1.82, 2.24) is 10.3 Å². The van der Waals surface area contributed by atoms with Crippen molar-refractivity contribution in [3.8, 4) is 17.2 Å². The first-order valence-electron chi connectivity index (χ1n) is 10.8. The van der Waals surface area contributed by atoms with E-state index in [4.69, 9.17) is 33.0 Å². The van der Waals surface area contributed by atoms with E-state index in [0.717, 1.165) is 23.1 Å². The molecule has 0 spiro atoms. The number of fused-ring (bicyclic) bond motifs is 1. The standard InChI is InChI=1S/C26H24ClN3O3S/c1-4-15(2)17-7-11-23-21(13-17)29-25(33-23)16-5-9-19(10-6-16)28-26(34)30-24(31)20-14-18(27)8-12-22(20)32-3/h5-15H,4H2,1-3H3,(H2,28,30,31,34). The molecule has 0 bridgehead atoms. The highest BCUT2D eigenvalue weighted by Gasteiger charge is 2.15.